The minimum atomic E-state index is -0.141. The van der Waals surface area contributed by atoms with Crippen LogP contribution in [0.3, 0.4) is 0 Å². The maximum atomic E-state index is 11.0. The Kier molecular flexibility index (Phi) is 3.11. The predicted octanol–water partition coefficient (Wildman–Crippen LogP) is 4.77. The van der Waals surface area contributed by atoms with Gasteiger partial charge in [0.05, 0.1) is 12.4 Å². The van der Waals surface area contributed by atoms with E-state index in [2.05, 4.69) is 33.8 Å². The van der Waals surface area contributed by atoms with Gasteiger partial charge in [0.2, 0.25) is 0 Å². The van der Waals surface area contributed by atoms with E-state index in [1.807, 2.05) is 6.26 Å². The van der Waals surface area contributed by atoms with Gasteiger partial charge in [-0.1, -0.05) is 34.1 Å². The lowest BCUT2D eigenvalue weighted by Gasteiger charge is -2.62. The molecule has 4 rings (SSSR count). The van der Waals surface area contributed by atoms with Gasteiger partial charge < -0.3 is 9.52 Å². The molecule has 6 atom stereocenters. The quantitative estimate of drug-likeness (QED) is 0.749. The molecule has 2 fully saturated rings. The molecule has 0 aromatic carbocycles. The maximum absolute atomic E-state index is 11.0. The summed E-state index contributed by atoms with van der Waals surface area (Å²) in [7, 11) is 0. The third-order valence-corrected chi connectivity index (χ3v) is 7.67. The van der Waals surface area contributed by atoms with Crippen molar-refractivity contribution in [3.8, 4) is 0 Å². The Labute approximate surface area is 134 Å². The molecule has 0 radical (unpaired) electrons. The Morgan fingerprint density at radius 1 is 1.23 bits per heavy atom. The van der Waals surface area contributed by atoms with Crippen molar-refractivity contribution in [3.05, 3.63) is 23.7 Å². The van der Waals surface area contributed by atoms with Crippen LogP contribution < -0.4 is 0 Å². The Hall–Kier alpha value is -0.760. The van der Waals surface area contributed by atoms with Crippen LogP contribution in [-0.4, -0.2) is 11.2 Å². The molecule has 2 saturated carbocycles. The summed E-state index contributed by atoms with van der Waals surface area (Å²) in [6, 6.07) is 2.15. The lowest BCUT2D eigenvalue weighted by Crippen LogP contribution is -2.59. The van der Waals surface area contributed by atoms with Crippen LogP contribution in [0.25, 0.3) is 0 Å². The van der Waals surface area contributed by atoms with Gasteiger partial charge in [0, 0.05) is 6.42 Å². The highest BCUT2D eigenvalue weighted by atomic mass is 16.3. The lowest BCUT2D eigenvalue weighted by molar-refractivity contribution is -0.166. The number of hydrogen-bond donors (Lipinski definition) is 1. The molecule has 3 aliphatic rings. The average Bonchev–Trinajstić information content (AvgIpc) is 2.88. The second kappa shape index (κ2) is 4.63. The van der Waals surface area contributed by atoms with Crippen LogP contribution in [-0.2, 0) is 6.42 Å². The van der Waals surface area contributed by atoms with Gasteiger partial charge in [-0.15, -0.1) is 0 Å². The van der Waals surface area contributed by atoms with E-state index in [-0.39, 0.29) is 16.9 Å². The molecule has 22 heavy (non-hydrogen) atoms. The van der Waals surface area contributed by atoms with Crippen LogP contribution in [0.1, 0.15) is 70.6 Å². The molecule has 0 amide bonds. The second-order valence-corrected chi connectivity index (χ2v) is 9.19. The van der Waals surface area contributed by atoms with Crippen molar-refractivity contribution in [2.24, 2.45) is 28.6 Å². The fraction of sp³-hybridized carbons (Fsp3) is 0.800. The molecule has 0 bridgehead atoms. The summed E-state index contributed by atoms with van der Waals surface area (Å²) in [5.74, 6) is 3.43. The smallest absolute Gasteiger partial charge is 0.107 e. The SMILES string of the molecule is C[C@H]1c2ccoc2C[C@H]2[C@H]1C[C@H](O)[C@H]1C(C)(C)CCC[C@]21C. The number of fused-ring (bicyclic) bond motifs is 4. The van der Waals surface area contributed by atoms with Crippen molar-refractivity contribution >= 4 is 0 Å². The number of furan rings is 1. The summed E-state index contributed by atoms with van der Waals surface area (Å²) in [5.41, 5.74) is 1.90. The molecular weight excluding hydrogens is 272 g/mol. The van der Waals surface area contributed by atoms with Gasteiger partial charge in [0.25, 0.3) is 0 Å². The fourth-order valence-electron chi connectivity index (χ4n) is 6.86. The molecule has 0 saturated heterocycles. The molecule has 1 aromatic heterocycles. The number of aliphatic hydroxyl groups excluding tert-OH is 1. The zero-order valence-corrected chi connectivity index (χ0v) is 14.4. The normalized spacial score (nSPS) is 46.5. The van der Waals surface area contributed by atoms with Crippen molar-refractivity contribution in [2.45, 2.75) is 71.8 Å². The molecule has 2 heteroatoms. The topological polar surface area (TPSA) is 33.4 Å². The molecular formula is C20H30O2. The predicted molar refractivity (Wildman–Crippen MR) is 87.7 cm³/mol. The zero-order valence-electron chi connectivity index (χ0n) is 14.4. The van der Waals surface area contributed by atoms with Crippen LogP contribution >= 0.6 is 0 Å². The van der Waals surface area contributed by atoms with E-state index in [9.17, 15) is 5.11 Å². The molecule has 1 heterocycles. The third kappa shape index (κ3) is 1.82. The van der Waals surface area contributed by atoms with Crippen molar-refractivity contribution in [1.82, 2.24) is 0 Å². The number of aliphatic hydroxyl groups is 1. The molecule has 0 aliphatic heterocycles. The maximum Gasteiger partial charge on any atom is 0.107 e. The summed E-state index contributed by atoms with van der Waals surface area (Å²) in [6.07, 6.45) is 7.59. The first kappa shape index (κ1) is 14.8. The second-order valence-electron chi connectivity index (χ2n) is 9.19. The number of hydrogen-bond acceptors (Lipinski definition) is 2. The van der Waals surface area contributed by atoms with E-state index in [0.29, 0.717) is 23.7 Å². The Morgan fingerprint density at radius 3 is 2.77 bits per heavy atom. The van der Waals surface area contributed by atoms with Gasteiger partial charge in [-0.2, -0.15) is 0 Å². The van der Waals surface area contributed by atoms with Crippen LogP contribution in [0.15, 0.2) is 16.7 Å². The minimum Gasteiger partial charge on any atom is -0.469 e. The average molecular weight is 302 g/mol. The fourth-order valence-corrected chi connectivity index (χ4v) is 6.86. The van der Waals surface area contributed by atoms with Crippen molar-refractivity contribution < 1.29 is 9.52 Å². The summed E-state index contributed by atoms with van der Waals surface area (Å²) in [5, 5.41) is 11.0. The minimum absolute atomic E-state index is 0.141. The van der Waals surface area contributed by atoms with E-state index in [1.54, 1.807) is 0 Å². The highest BCUT2D eigenvalue weighted by Crippen LogP contribution is 2.64. The molecule has 2 nitrogen and oxygen atoms in total. The van der Waals surface area contributed by atoms with Crippen LogP contribution in [0.2, 0.25) is 0 Å². The molecule has 122 valence electrons. The largest absolute Gasteiger partial charge is 0.469 e. The summed E-state index contributed by atoms with van der Waals surface area (Å²) in [6.45, 7) is 9.57. The first-order chi connectivity index (χ1) is 10.3. The van der Waals surface area contributed by atoms with E-state index < -0.39 is 0 Å². The Morgan fingerprint density at radius 2 is 2.00 bits per heavy atom. The van der Waals surface area contributed by atoms with Crippen molar-refractivity contribution in [2.75, 3.05) is 0 Å². The first-order valence-electron chi connectivity index (χ1n) is 9.09. The molecule has 1 aromatic rings. The highest BCUT2D eigenvalue weighted by Gasteiger charge is 2.60. The molecule has 0 unspecified atom stereocenters. The van der Waals surface area contributed by atoms with E-state index in [0.717, 1.165) is 12.8 Å². The zero-order chi connectivity index (χ0) is 15.7. The molecule has 1 N–H and O–H groups in total. The standard InChI is InChI=1S/C20H30O2/c1-12-13-6-9-22-17(13)11-15-14(12)10-16(21)18-19(2,3)7-5-8-20(15,18)4/h6,9,12,14-16,18,21H,5,7-8,10-11H2,1-4H3/t12-,14-,15-,16-,18-,20+/m0/s1. The van der Waals surface area contributed by atoms with Gasteiger partial charge in [-0.05, 0) is 65.4 Å². The Bertz CT molecular complexity index is 572. The van der Waals surface area contributed by atoms with Gasteiger partial charge in [0.15, 0.2) is 0 Å². The number of rotatable bonds is 0. The summed E-state index contributed by atoms with van der Waals surface area (Å²) < 4.78 is 5.82. The van der Waals surface area contributed by atoms with E-state index in [1.165, 1.54) is 30.6 Å². The van der Waals surface area contributed by atoms with Crippen LogP contribution in [0.5, 0.6) is 0 Å². The Balaban J connectivity index is 1.79. The van der Waals surface area contributed by atoms with Crippen LogP contribution in [0, 0.1) is 28.6 Å². The van der Waals surface area contributed by atoms with Gasteiger partial charge in [-0.3, -0.25) is 0 Å². The molecule has 3 aliphatic carbocycles. The first-order valence-corrected chi connectivity index (χ1v) is 9.09. The van der Waals surface area contributed by atoms with Gasteiger partial charge in [0.1, 0.15) is 5.76 Å². The monoisotopic (exact) mass is 302 g/mol. The van der Waals surface area contributed by atoms with Gasteiger partial charge >= 0.3 is 0 Å². The lowest BCUT2D eigenvalue weighted by atomic mass is 9.43. The third-order valence-electron chi connectivity index (χ3n) is 7.67. The van der Waals surface area contributed by atoms with E-state index in [4.69, 9.17) is 4.42 Å². The highest BCUT2D eigenvalue weighted by molar-refractivity contribution is 5.28. The van der Waals surface area contributed by atoms with Crippen molar-refractivity contribution in [1.29, 1.82) is 0 Å². The van der Waals surface area contributed by atoms with Gasteiger partial charge in [-0.25, -0.2) is 0 Å². The summed E-state index contributed by atoms with van der Waals surface area (Å²) >= 11 is 0. The van der Waals surface area contributed by atoms with Crippen molar-refractivity contribution in [3.63, 3.8) is 0 Å². The van der Waals surface area contributed by atoms with E-state index >= 15 is 0 Å². The van der Waals surface area contributed by atoms with Crippen LogP contribution in [0.4, 0.5) is 0 Å². The molecule has 0 spiro atoms. The summed E-state index contributed by atoms with van der Waals surface area (Å²) in [4.78, 5) is 0.